The van der Waals surface area contributed by atoms with E-state index in [4.69, 9.17) is 0 Å². The Morgan fingerprint density at radius 3 is 2.81 bits per heavy atom. The van der Waals surface area contributed by atoms with Crippen molar-refractivity contribution >= 4 is 11.5 Å². The molecule has 21 heavy (non-hydrogen) atoms. The minimum absolute atomic E-state index is 0.304. The van der Waals surface area contributed by atoms with Crippen molar-refractivity contribution in [3.8, 4) is 0 Å². The molecule has 1 fully saturated rings. The number of nitrogens with one attached hydrogen (secondary N) is 1. The van der Waals surface area contributed by atoms with Crippen molar-refractivity contribution in [2.24, 2.45) is 11.3 Å². The van der Waals surface area contributed by atoms with Crippen LogP contribution in [0, 0.1) is 18.3 Å². The highest BCUT2D eigenvalue weighted by Gasteiger charge is 2.33. The van der Waals surface area contributed by atoms with E-state index in [0.29, 0.717) is 23.5 Å². The summed E-state index contributed by atoms with van der Waals surface area (Å²) in [6.45, 7) is 8.95. The molecular weight excluding hydrogens is 258 g/mol. The number of carbonyl (C=O) groups excluding carboxylic acids is 1. The van der Waals surface area contributed by atoms with Crippen LogP contribution in [0.3, 0.4) is 0 Å². The lowest BCUT2D eigenvalue weighted by atomic mass is 9.68. The third-order valence-electron chi connectivity index (χ3n) is 4.99. The molecule has 1 saturated carbocycles. The maximum atomic E-state index is 12.1. The molecule has 0 unspecified atom stereocenters. The second-order valence-corrected chi connectivity index (χ2v) is 6.89. The third-order valence-corrected chi connectivity index (χ3v) is 4.99. The van der Waals surface area contributed by atoms with Crippen LogP contribution in [0.25, 0.3) is 0 Å². The molecule has 0 heterocycles. The second-order valence-electron chi connectivity index (χ2n) is 6.89. The van der Waals surface area contributed by atoms with Crippen LogP contribution >= 0.6 is 0 Å². The number of ketones is 1. The van der Waals surface area contributed by atoms with Crippen molar-refractivity contribution in [2.75, 3.05) is 5.32 Å². The summed E-state index contributed by atoms with van der Waals surface area (Å²) in [6.07, 6.45) is 5.70. The fourth-order valence-electron chi connectivity index (χ4n) is 2.95. The van der Waals surface area contributed by atoms with Gasteiger partial charge < -0.3 is 5.32 Å². The standard InChI is InChI=1S/C19H27NO/c1-5-19(3,4)16-9-10-18(21)15(12-16)13-20-17-8-6-7-14(2)11-17/h6-8,11,13,16,20H,5,9-10,12H2,1-4H3/b15-13+/t16-/m0/s1. The van der Waals surface area contributed by atoms with Gasteiger partial charge in [-0.15, -0.1) is 0 Å². The van der Waals surface area contributed by atoms with Crippen molar-refractivity contribution in [1.29, 1.82) is 0 Å². The minimum Gasteiger partial charge on any atom is -0.361 e. The van der Waals surface area contributed by atoms with Gasteiger partial charge in [0.1, 0.15) is 0 Å². The Hall–Kier alpha value is -1.57. The molecule has 2 heteroatoms. The zero-order valence-corrected chi connectivity index (χ0v) is 13.7. The predicted octanol–water partition coefficient (Wildman–Crippen LogP) is 5.10. The largest absolute Gasteiger partial charge is 0.361 e. The summed E-state index contributed by atoms with van der Waals surface area (Å²) in [5.41, 5.74) is 3.53. The Labute approximate surface area is 128 Å². The van der Waals surface area contributed by atoms with Crippen LogP contribution in [0.4, 0.5) is 5.69 Å². The molecule has 0 radical (unpaired) electrons. The molecule has 1 atom stereocenters. The van der Waals surface area contributed by atoms with Gasteiger partial charge in [0.25, 0.3) is 0 Å². The van der Waals surface area contributed by atoms with Crippen LogP contribution in [-0.4, -0.2) is 5.78 Å². The molecule has 1 aliphatic carbocycles. The number of carbonyl (C=O) groups is 1. The second kappa shape index (κ2) is 6.46. The highest BCUT2D eigenvalue weighted by molar-refractivity contribution is 5.96. The molecular formula is C19H27NO. The van der Waals surface area contributed by atoms with Crippen LogP contribution in [-0.2, 0) is 4.79 Å². The SMILES string of the molecule is CCC(C)(C)[C@H]1CCC(=O)/C(=C/Nc2cccc(C)c2)C1. The molecule has 1 N–H and O–H groups in total. The molecule has 1 aliphatic rings. The van der Waals surface area contributed by atoms with E-state index < -0.39 is 0 Å². The van der Waals surface area contributed by atoms with Crippen LogP contribution in [0.2, 0.25) is 0 Å². The Kier molecular flexibility index (Phi) is 4.87. The molecule has 2 rings (SSSR count). The van der Waals surface area contributed by atoms with Gasteiger partial charge >= 0.3 is 0 Å². The van der Waals surface area contributed by atoms with Crippen molar-refractivity contribution in [3.63, 3.8) is 0 Å². The van der Waals surface area contributed by atoms with Crippen LogP contribution in [0.15, 0.2) is 36.0 Å². The number of Topliss-reactive ketones (excluding diaryl/α,β-unsaturated/α-hetero) is 1. The summed E-state index contributed by atoms with van der Waals surface area (Å²) in [5.74, 6) is 0.907. The highest BCUT2D eigenvalue weighted by atomic mass is 16.1. The molecule has 0 bridgehead atoms. The first-order valence-electron chi connectivity index (χ1n) is 7.98. The zero-order valence-electron chi connectivity index (χ0n) is 13.7. The fourth-order valence-corrected chi connectivity index (χ4v) is 2.95. The number of benzene rings is 1. The molecule has 0 spiro atoms. The van der Waals surface area contributed by atoms with Gasteiger partial charge in [0.05, 0.1) is 0 Å². The van der Waals surface area contributed by atoms with E-state index in [-0.39, 0.29) is 0 Å². The first-order chi connectivity index (χ1) is 9.92. The lowest BCUT2D eigenvalue weighted by Gasteiger charge is -2.36. The Morgan fingerprint density at radius 1 is 1.38 bits per heavy atom. The smallest absolute Gasteiger partial charge is 0.160 e. The highest BCUT2D eigenvalue weighted by Crippen LogP contribution is 2.41. The van der Waals surface area contributed by atoms with Gasteiger partial charge in [-0.3, -0.25) is 4.79 Å². The van der Waals surface area contributed by atoms with E-state index in [1.54, 1.807) is 0 Å². The first kappa shape index (κ1) is 15.8. The molecule has 0 amide bonds. The Balaban J connectivity index is 2.10. The maximum absolute atomic E-state index is 12.1. The quantitative estimate of drug-likeness (QED) is 0.780. The van der Waals surface area contributed by atoms with Crippen molar-refractivity contribution < 1.29 is 4.79 Å². The summed E-state index contributed by atoms with van der Waals surface area (Å²) in [5, 5.41) is 3.29. The lowest BCUT2D eigenvalue weighted by Crippen LogP contribution is -2.29. The normalized spacial score (nSPS) is 21.6. The monoisotopic (exact) mass is 285 g/mol. The molecule has 114 valence electrons. The number of anilines is 1. The van der Waals surface area contributed by atoms with Gasteiger partial charge in [0.2, 0.25) is 0 Å². The Morgan fingerprint density at radius 2 is 2.14 bits per heavy atom. The maximum Gasteiger partial charge on any atom is 0.160 e. The Bertz CT molecular complexity index is 542. The van der Waals surface area contributed by atoms with Crippen LogP contribution < -0.4 is 5.32 Å². The fraction of sp³-hybridized carbons (Fsp3) is 0.526. The van der Waals surface area contributed by atoms with E-state index in [1.807, 2.05) is 18.3 Å². The molecule has 1 aromatic carbocycles. The van der Waals surface area contributed by atoms with Gasteiger partial charge in [-0.25, -0.2) is 0 Å². The number of aryl methyl sites for hydroxylation is 1. The number of hydrogen-bond donors (Lipinski definition) is 1. The summed E-state index contributed by atoms with van der Waals surface area (Å²) >= 11 is 0. The van der Waals surface area contributed by atoms with Gasteiger partial charge in [-0.2, -0.15) is 0 Å². The van der Waals surface area contributed by atoms with Crippen molar-refractivity contribution in [3.05, 3.63) is 41.6 Å². The van der Waals surface area contributed by atoms with Gasteiger partial charge in [0.15, 0.2) is 5.78 Å². The van der Waals surface area contributed by atoms with Gasteiger partial charge in [-0.05, 0) is 48.8 Å². The van der Waals surface area contributed by atoms with E-state index in [0.717, 1.165) is 30.5 Å². The van der Waals surface area contributed by atoms with Gasteiger partial charge in [0, 0.05) is 23.9 Å². The number of hydrogen-bond acceptors (Lipinski definition) is 2. The molecule has 1 aromatic rings. The third kappa shape index (κ3) is 3.96. The molecule has 0 aliphatic heterocycles. The molecule has 0 saturated heterocycles. The average Bonchev–Trinajstić information content (AvgIpc) is 2.46. The van der Waals surface area contributed by atoms with Crippen LogP contribution in [0.5, 0.6) is 0 Å². The van der Waals surface area contributed by atoms with E-state index >= 15 is 0 Å². The predicted molar refractivity (Wildman–Crippen MR) is 89.3 cm³/mol. The average molecular weight is 285 g/mol. The van der Waals surface area contributed by atoms with E-state index in [2.05, 4.69) is 45.1 Å². The first-order valence-corrected chi connectivity index (χ1v) is 7.98. The topological polar surface area (TPSA) is 29.1 Å². The van der Waals surface area contributed by atoms with Crippen molar-refractivity contribution in [1.82, 2.24) is 0 Å². The summed E-state index contributed by atoms with van der Waals surface area (Å²) < 4.78 is 0. The summed E-state index contributed by atoms with van der Waals surface area (Å²) in [6, 6.07) is 8.23. The van der Waals surface area contributed by atoms with Crippen molar-refractivity contribution in [2.45, 2.75) is 53.4 Å². The lowest BCUT2D eigenvalue weighted by molar-refractivity contribution is -0.117. The number of rotatable bonds is 4. The molecule has 0 aromatic heterocycles. The van der Waals surface area contributed by atoms with E-state index in [1.165, 1.54) is 5.56 Å². The summed E-state index contributed by atoms with van der Waals surface area (Å²) in [4.78, 5) is 12.1. The zero-order chi connectivity index (χ0) is 15.5. The minimum atomic E-state index is 0.304. The van der Waals surface area contributed by atoms with Gasteiger partial charge in [-0.1, -0.05) is 39.3 Å². The number of allylic oxidation sites excluding steroid dienone is 1. The van der Waals surface area contributed by atoms with Crippen LogP contribution in [0.1, 0.15) is 52.0 Å². The molecule has 2 nitrogen and oxygen atoms in total. The summed E-state index contributed by atoms with van der Waals surface area (Å²) in [7, 11) is 0. The van der Waals surface area contributed by atoms with E-state index in [9.17, 15) is 4.79 Å².